The van der Waals surface area contributed by atoms with Crippen molar-refractivity contribution in [2.75, 3.05) is 50.8 Å². The molecule has 0 aromatic heterocycles. The molecule has 2 aromatic carbocycles. The van der Waals surface area contributed by atoms with Crippen LogP contribution >= 0.6 is 0 Å². The molecule has 1 unspecified atom stereocenters. The molecule has 0 amide bonds. The first kappa shape index (κ1) is 23.6. The summed E-state index contributed by atoms with van der Waals surface area (Å²) < 4.78 is 5.50. The highest BCUT2D eigenvalue weighted by atomic mass is 16.5. The summed E-state index contributed by atoms with van der Waals surface area (Å²) in [6.07, 6.45) is 2.59. The highest BCUT2D eigenvalue weighted by molar-refractivity contribution is 5.80. The van der Waals surface area contributed by atoms with Crippen molar-refractivity contribution in [3.63, 3.8) is 0 Å². The van der Waals surface area contributed by atoms with Crippen molar-refractivity contribution in [2.24, 2.45) is 4.99 Å². The first-order valence-corrected chi connectivity index (χ1v) is 12.5. The third kappa shape index (κ3) is 6.71. The fourth-order valence-electron chi connectivity index (χ4n) is 4.60. The average Bonchev–Trinajstić information content (AvgIpc) is 3.39. The van der Waals surface area contributed by atoms with Crippen LogP contribution in [0.15, 0.2) is 53.5 Å². The van der Waals surface area contributed by atoms with E-state index in [1.165, 1.54) is 48.3 Å². The van der Waals surface area contributed by atoms with E-state index in [0.717, 1.165) is 45.4 Å². The number of hydrogen-bond donors (Lipinski definition) is 2. The van der Waals surface area contributed by atoms with E-state index in [1.54, 1.807) is 0 Å². The van der Waals surface area contributed by atoms with Crippen LogP contribution in [0.3, 0.4) is 0 Å². The lowest BCUT2D eigenvalue weighted by Gasteiger charge is -2.27. The second-order valence-corrected chi connectivity index (χ2v) is 9.01. The van der Waals surface area contributed by atoms with E-state index in [2.05, 4.69) is 82.8 Å². The van der Waals surface area contributed by atoms with Crippen LogP contribution in [0.4, 0.5) is 5.69 Å². The maximum absolute atomic E-state index is 5.50. The molecule has 4 rings (SSSR count). The van der Waals surface area contributed by atoms with Gasteiger partial charge in [0.05, 0.1) is 25.8 Å². The van der Waals surface area contributed by atoms with Gasteiger partial charge in [-0.05, 0) is 55.5 Å². The fourth-order valence-corrected chi connectivity index (χ4v) is 4.60. The molecule has 1 atom stereocenters. The number of anilines is 1. The van der Waals surface area contributed by atoms with Gasteiger partial charge in [-0.15, -0.1) is 0 Å². The minimum absolute atomic E-state index is 0.175. The standard InChI is InChI=1S/C27H39N5O/c1-3-28-27(30-22(2)23-11-8-12-26(19-23)32-13-6-7-14-32)29-20-24-9-4-5-10-25(24)21-31-15-17-33-18-16-31/h4-5,8-12,19,22H,3,6-7,13-18,20-21H2,1-2H3,(H2,28,29,30). The van der Waals surface area contributed by atoms with Crippen molar-refractivity contribution in [1.29, 1.82) is 0 Å². The highest BCUT2D eigenvalue weighted by Gasteiger charge is 2.15. The summed E-state index contributed by atoms with van der Waals surface area (Å²) in [5.41, 5.74) is 5.26. The van der Waals surface area contributed by atoms with Crippen LogP contribution in [0, 0.1) is 0 Å². The van der Waals surface area contributed by atoms with Crippen molar-refractivity contribution >= 4 is 11.6 Å². The molecule has 6 nitrogen and oxygen atoms in total. The molecule has 2 N–H and O–H groups in total. The normalized spacial score (nSPS) is 18.4. The third-order valence-electron chi connectivity index (χ3n) is 6.56. The fraction of sp³-hybridized carbons (Fsp3) is 0.519. The Balaban J connectivity index is 1.42. The van der Waals surface area contributed by atoms with E-state index in [0.29, 0.717) is 6.54 Å². The Morgan fingerprint density at radius 2 is 1.76 bits per heavy atom. The summed E-state index contributed by atoms with van der Waals surface area (Å²) in [5, 5.41) is 7.04. The van der Waals surface area contributed by atoms with Gasteiger partial charge in [-0.2, -0.15) is 0 Å². The monoisotopic (exact) mass is 449 g/mol. The molecular weight excluding hydrogens is 410 g/mol. The molecule has 2 fully saturated rings. The number of nitrogens with zero attached hydrogens (tertiary/aromatic N) is 3. The number of aliphatic imine (C=N–C) groups is 1. The van der Waals surface area contributed by atoms with Crippen LogP contribution < -0.4 is 15.5 Å². The van der Waals surface area contributed by atoms with Crippen LogP contribution in [0.1, 0.15) is 49.4 Å². The molecule has 2 aromatic rings. The number of ether oxygens (including phenoxy) is 1. The molecule has 0 bridgehead atoms. The lowest BCUT2D eigenvalue weighted by molar-refractivity contribution is 0.0341. The quantitative estimate of drug-likeness (QED) is 0.472. The zero-order valence-electron chi connectivity index (χ0n) is 20.2. The van der Waals surface area contributed by atoms with Gasteiger partial charge in [-0.3, -0.25) is 4.90 Å². The molecule has 2 aliphatic heterocycles. The van der Waals surface area contributed by atoms with Gasteiger partial charge in [0.2, 0.25) is 0 Å². The van der Waals surface area contributed by atoms with Gasteiger partial charge < -0.3 is 20.3 Å². The lowest BCUT2D eigenvalue weighted by atomic mass is 10.1. The largest absolute Gasteiger partial charge is 0.379 e. The van der Waals surface area contributed by atoms with Gasteiger partial charge >= 0.3 is 0 Å². The van der Waals surface area contributed by atoms with E-state index in [9.17, 15) is 0 Å². The van der Waals surface area contributed by atoms with E-state index >= 15 is 0 Å². The van der Waals surface area contributed by atoms with E-state index in [1.807, 2.05) is 0 Å². The molecule has 0 aliphatic carbocycles. The highest BCUT2D eigenvalue weighted by Crippen LogP contribution is 2.24. The topological polar surface area (TPSA) is 52.1 Å². The number of morpholine rings is 1. The predicted molar refractivity (Wildman–Crippen MR) is 137 cm³/mol. The molecule has 6 heteroatoms. The van der Waals surface area contributed by atoms with E-state index in [4.69, 9.17) is 9.73 Å². The van der Waals surface area contributed by atoms with Crippen LogP contribution in [-0.4, -0.2) is 56.8 Å². The van der Waals surface area contributed by atoms with Gasteiger partial charge in [0.1, 0.15) is 0 Å². The van der Waals surface area contributed by atoms with Crippen molar-refractivity contribution < 1.29 is 4.74 Å². The van der Waals surface area contributed by atoms with Gasteiger partial charge in [0.25, 0.3) is 0 Å². The molecular formula is C27H39N5O. The van der Waals surface area contributed by atoms with Crippen molar-refractivity contribution in [3.8, 4) is 0 Å². The minimum Gasteiger partial charge on any atom is -0.379 e. The summed E-state index contributed by atoms with van der Waals surface area (Å²) in [7, 11) is 0. The molecule has 2 heterocycles. The van der Waals surface area contributed by atoms with Crippen LogP contribution in [0.2, 0.25) is 0 Å². The molecule has 0 saturated carbocycles. The van der Waals surface area contributed by atoms with Gasteiger partial charge in [0, 0.05) is 45.0 Å². The number of nitrogens with one attached hydrogen (secondary N) is 2. The summed E-state index contributed by atoms with van der Waals surface area (Å²) >= 11 is 0. The summed E-state index contributed by atoms with van der Waals surface area (Å²) in [4.78, 5) is 9.89. The number of hydrogen-bond acceptors (Lipinski definition) is 4. The zero-order valence-corrected chi connectivity index (χ0v) is 20.2. The second-order valence-electron chi connectivity index (χ2n) is 9.01. The second kappa shape index (κ2) is 12.1. The maximum Gasteiger partial charge on any atom is 0.192 e. The zero-order chi connectivity index (χ0) is 22.9. The van der Waals surface area contributed by atoms with Crippen molar-refractivity contribution in [2.45, 2.75) is 45.8 Å². The Morgan fingerprint density at radius 1 is 1.00 bits per heavy atom. The molecule has 33 heavy (non-hydrogen) atoms. The van der Waals surface area contributed by atoms with Crippen molar-refractivity contribution in [3.05, 3.63) is 65.2 Å². The first-order valence-electron chi connectivity index (χ1n) is 12.5. The Morgan fingerprint density at radius 3 is 2.52 bits per heavy atom. The molecule has 2 saturated heterocycles. The Hall–Kier alpha value is -2.57. The smallest absolute Gasteiger partial charge is 0.192 e. The average molecular weight is 450 g/mol. The molecule has 0 spiro atoms. The summed E-state index contributed by atoms with van der Waals surface area (Å²) in [6, 6.07) is 17.8. The number of guanidine groups is 1. The lowest BCUT2D eigenvalue weighted by Crippen LogP contribution is -2.38. The van der Waals surface area contributed by atoms with E-state index in [-0.39, 0.29) is 6.04 Å². The summed E-state index contributed by atoms with van der Waals surface area (Å²) in [6.45, 7) is 12.8. The van der Waals surface area contributed by atoms with Crippen LogP contribution in [-0.2, 0) is 17.8 Å². The van der Waals surface area contributed by atoms with Gasteiger partial charge in [-0.25, -0.2) is 4.99 Å². The van der Waals surface area contributed by atoms with Gasteiger partial charge in [0.15, 0.2) is 5.96 Å². The SMILES string of the molecule is CCNC(=NCc1ccccc1CN1CCOCC1)NC(C)c1cccc(N2CCCC2)c1. The maximum atomic E-state index is 5.50. The first-order chi connectivity index (χ1) is 16.2. The molecule has 2 aliphatic rings. The van der Waals surface area contributed by atoms with Crippen LogP contribution in [0.25, 0.3) is 0 Å². The molecule has 0 radical (unpaired) electrons. The Bertz CT molecular complexity index is 903. The Labute approximate surface area is 199 Å². The van der Waals surface area contributed by atoms with Crippen LogP contribution in [0.5, 0.6) is 0 Å². The molecule has 178 valence electrons. The number of rotatable bonds is 8. The summed E-state index contributed by atoms with van der Waals surface area (Å²) in [5.74, 6) is 0.859. The predicted octanol–water partition coefficient (Wildman–Crippen LogP) is 3.94. The Kier molecular flexibility index (Phi) is 8.61. The van der Waals surface area contributed by atoms with E-state index < -0.39 is 0 Å². The minimum atomic E-state index is 0.175. The third-order valence-corrected chi connectivity index (χ3v) is 6.56. The number of benzene rings is 2. The van der Waals surface area contributed by atoms with Crippen molar-refractivity contribution in [1.82, 2.24) is 15.5 Å². The van der Waals surface area contributed by atoms with Gasteiger partial charge in [-0.1, -0.05) is 36.4 Å².